The van der Waals surface area contributed by atoms with E-state index >= 15 is 0 Å². The van der Waals surface area contributed by atoms with Crippen molar-refractivity contribution in [3.63, 3.8) is 0 Å². The monoisotopic (exact) mass is 202 g/mol. The van der Waals surface area contributed by atoms with Gasteiger partial charge in [0.2, 0.25) is 0 Å². The van der Waals surface area contributed by atoms with Gasteiger partial charge in [0.05, 0.1) is 0 Å². The summed E-state index contributed by atoms with van der Waals surface area (Å²) in [5.74, 6) is -1.55. The van der Waals surface area contributed by atoms with Crippen molar-refractivity contribution in [2.45, 2.75) is 46.6 Å². The van der Waals surface area contributed by atoms with Gasteiger partial charge in [-0.25, -0.2) is 4.79 Å². The van der Waals surface area contributed by atoms with Gasteiger partial charge in [0, 0.05) is 12.8 Å². The van der Waals surface area contributed by atoms with E-state index in [4.69, 9.17) is 9.84 Å². The highest BCUT2D eigenvalue weighted by Crippen LogP contribution is 2.22. The molecule has 0 aromatic rings. The standard InChI is InChI=1S/C10H18O4/c1-5-8(11)14-7(9(12)13)6-10(2,3)4/h7H,5-6H2,1-4H3,(H,12,13). The largest absolute Gasteiger partial charge is 0.479 e. The Balaban J connectivity index is 4.31. The lowest BCUT2D eigenvalue weighted by Gasteiger charge is -2.22. The predicted molar refractivity (Wildman–Crippen MR) is 51.9 cm³/mol. The van der Waals surface area contributed by atoms with E-state index in [1.54, 1.807) is 6.92 Å². The number of carbonyl (C=O) groups excluding carboxylic acids is 1. The van der Waals surface area contributed by atoms with Crippen LogP contribution in [0.5, 0.6) is 0 Å². The smallest absolute Gasteiger partial charge is 0.345 e. The summed E-state index contributed by atoms with van der Waals surface area (Å²) in [6, 6.07) is 0. The highest BCUT2D eigenvalue weighted by molar-refractivity contribution is 5.77. The quantitative estimate of drug-likeness (QED) is 0.706. The van der Waals surface area contributed by atoms with E-state index in [9.17, 15) is 9.59 Å². The van der Waals surface area contributed by atoms with Gasteiger partial charge in [0.1, 0.15) is 0 Å². The van der Waals surface area contributed by atoms with Crippen molar-refractivity contribution in [1.82, 2.24) is 0 Å². The third-order valence-electron chi connectivity index (χ3n) is 1.64. The summed E-state index contributed by atoms with van der Waals surface area (Å²) in [7, 11) is 0. The molecule has 0 heterocycles. The maximum Gasteiger partial charge on any atom is 0.345 e. The summed E-state index contributed by atoms with van der Waals surface area (Å²) < 4.78 is 4.80. The molecule has 0 rings (SSSR count). The lowest BCUT2D eigenvalue weighted by Crippen LogP contribution is -2.31. The molecule has 0 saturated heterocycles. The Hall–Kier alpha value is -1.06. The molecule has 0 aromatic heterocycles. The van der Waals surface area contributed by atoms with Crippen LogP contribution in [0, 0.1) is 5.41 Å². The number of hydrogen-bond donors (Lipinski definition) is 1. The highest BCUT2D eigenvalue weighted by atomic mass is 16.6. The molecule has 0 saturated carbocycles. The first-order valence-electron chi connectivity index (χ1n) is 4.68. The summed E-state index contributed by atoms with van der Waals surface area (Å²) in [5.41, 5.74) is -0.170. The number of aliphatic carboxylic acids is 1. The van der Waals surface area contributed by atoms with Crippen LogP contribution in [0.4, 0.5) is 0 Å². The minimum Gasteiger partial charge on any atom is -0.479 e. The van der Waals surface area contributed by atoms with Crippen molar-refractivity contribution in [2.24, 2.45) is 5.41 Å². The zero-order valence-corrected chi connectivity index (χ0v) is 9.16. The lowest BCUT2D eigenvalue weighted by atomic mass is 9.89. The average molecular weight is 202 g/mol. The zero-order valence-electron chi connectivity index (χ0n) is 9.16. The first-order valence-corrected chi connectivity index (χ1v) is 4.68. The van der Waals surface area contributed by atoms with Gasteiger partial charge in [-0.05, 0) is 5.41 Å². The van der Waals surface area contributed by atoms with Gasteiger partial charge in [-0.2, -0.15) is 0 Å². The second-order valence-electron chi connectivity index (χ2n) is 4.44. The molecule has 4 heteroatoms. The number of ether oxygens (including phenoxy) is 1. The molecule has 1 unspecified atom stereocenters. The van der Waals surface area contributed by atoms with Crippen LogP contribution in [0.1, 0.15) is 40.5 Å². The van der Waals surface area contributed by atoms with Gasteiger partial charge in [-0.15, -0.1) is 0 Å². The molecule has 0 aliphatic rings. The number of esters is 1. The van der Waals surface area contributed by atoms with E-state index in [1.807, 2.05) is 20.8 Å². The summed E-state index contributed by atoms with van der Waals surface area (Å²) in [6.07, 6.45) is -0.496. The van der Waals surface area contributed by atoms with Gasteiger partial charge in [-0.3, -0.25) is 4.79 Å². The Morgan fingerprint density at radius 2 is 1.86 bits per heavy atom. The molecule has 0 amide bonds. The van der Waals surface area contributed by atoms with Crippen LogP contribution in [0.2, 0.25) is 0 Å². The van der Waals surface area contributed by atoms with Crippen LogP contribution in [-0.2, 0) is 14.3 Å². The topological polar surface area (TPSA) is 63.6 Å². The second kappa shape index (κ2) is 4.98. The van der Waals surface area contributed by atoms with Crippen molar-refractivity contribution in [1.29, 1.82) is 0 Å². The summed E-state index contributed by atoms with van der Waals surface area (Å²) in [4.78, 5) is 21.7. The van der Waals surface area contributed by atoms with Gasteiger partial charge in [0.25, 0.3) is 0 Å². The van der Waals surface area contributed by atoms with Gasteiger partial charge >= 0.3 is 11.9 Å². The number of hydrogen-bond acceptors (Lipinski definition) is 3. The first kappa shape index (κ1) is 12.9. The maximum absolute atomic E-state index is 10.9. The Kier molecular flexibility index (Phi) is 4.60. The van der Waals surface area contributed by atoms with Crippen molar-refractivity contribution in [3.05, 3.63) is 0 Å². The SMILES string of the molecule is CCC(=O)OC(CC(C)(C)C)C(=O)O. The Bertz CT molecular complexity index is 215. The predicted octanol–water partition coefficient (Wildman–Crippen LogP) is 1.83. The molecule has 0 radical (unpaired) electrons. The van der Waals surface area contributed by atoms with Crippen LogP contribution in [0.15, 0.2) is 0 Å². The lowest BCUT2D eigenvalue weighted by molar-refractivity contribution is -0.165. The fraction of sp³-hybridized carbons (Fsp3) is 0.800. The van der Waals surface area contributed by atoms with E-state index in [0.29, 0.717) is 6.42 Å². The summed E-state index contributed by atoms with van der Waals surface area (Å²) in [5, 5.41) is 8.80. The molecule has 0 spiro atoms. The Labute approximate surface area is 84.3 Å². The fourth-order valence-electron chi connectivity index (χ4n) is 0.978. The molecule has 1 atom stereocenters. The van der Waals surface area contributed by atoms with Crippen LogP contribution in [-0.4, -0.2) is 23.1 Å². The molecule has 0 aromatic carbocycles. The van der Waals surface area contributed by atoms with E-state index in [0.717, 1.165) is 0 Å². The maximum atomic E-state index is 10.9. The van der Waals surface area contributed by atoms with E-state index in [2.05, 4.69) is 0 Å². The minimum absolute atomic E-state index is 0.170. The Morgan fingerprint density at radius 1 is 1.36 bits per heavy atom. The Morgan fingerprint density at radius 3 is 2.14 bits per heavy atom. The molecule has 0 bridgehead atoms. The average Bonchev–Trinajstić information content (AvgIpc) is 2.00. The van der Waals surface area contributed by atoms with E-state index in [-0.39, 0.29) is 11.8 Å². The third-order valence-corrected chi connectivity index (χ3v) is 1.64. The number of carbonyl (C=O) groups is 2. The number of carboxylic acid groups (broad SMARTS) is 1. The van der Waals surface area contributed by atoms with E-state index in [1.165, 1.54) is 0 Å². The second-order valence-corrected chi connectivity index (χ2v) is 4.44. The van der Waals surface area contributed by atoms with Crippen molar-refractivity contribution in [2.75, 3.05) is 0 Å². The molecule has 82 valence electrons. The molecule has 0 fully saturated rings. The minimum atomic E-state index is -1.08. The van der Waals surface area contributed by atoms with Crippen LogP contribution >= 0.6 is 0 Å². The fourth-order valence-corrected chi connectivity index (χ4v) is 0.978. The molecule has 1 N–H and O–H groups in total. The molecule has 4 nitrogen and oxygen atoms in total. The highest BCUT2D eigenvalue weighted by Gasteiger charge is 2.27. The molecular weight excluding hydrogens is 184 g/mol. The van der Waals surface area contributed by atoms with Crippen molar-refractivity contribution >= 4 is 11.9 Å². The molecule has 0 aliphatic carbocycles. The van der Waals surface area contributed by atoms with Crippen LogP contribution in [0.25, 0.3) is 0 Å². The van der Waals surface area contributed by atoms with Gasteiger partial charge < -0.3 is 9.84 Å². The van der Waals surface area contributed by atoms with Crippen LogP contribution < -0.4 is 0 Å². The summed E-state index contributed by atoms with van der Waals surface area (Å²) in [6.45, 7) is 7.35. The molecular formula is C10H18O4. The van der Waals surface area contributed by atoms with Crippen molar-refractivity contribution in [3.8, 4) is 0 Å². The van der Waals surface area contributed by atoms with Crippen LogP contribution in [0.3, 0.4) is 0 Å². The number of carboxylic acids is 1. The summed E-state index contributed by atoms with van der Waals surface area (Å²) >= 11 is 0. The zero-order chi connectivity index (χ0) is 11.4. The normalized spacial score (nSPS) is 13.4. The number of rotatable bonds is 4. The van der Waals surface area contributed by atoms with Gasteiger partial charge in [0.15, 0.2) is 6.10 Å². The van der Waals surface area contributed by atoms with Crippen molar-refractivity contribution < 1.29 is 19.4 Å². The van der Waals surface area contributed by atoms with Gasteiger partial charge in [-0.1, -0.05) is 27.7 Å². The molecule has 14 heavy (non-hydrogen) atoms. The van der Waals surface area contributed by atoms with E-state index < -0.39 is 18.0 Å². The molecule has 0 aliphatic heterocycles. The third kappa shape index (κ3) is 5.56. The first-order chi connectivity index (χ1) is 6.26.